The van der Waals surface area contributed by atoms with Gasteiger partial charge in [0.25, 0.3) is 0 Å². The number of morpholine rings is 1. The molecular weight excluding hydrogens is 236 g/mol. The maximum atomic E-state index is 5.83. The average Bonchev–Trinajstić information content (AvgIpc) is 2.89. The monoisotopic (exact) mass is 256 g/mol. The molecule has 0 radical (unpaired) electrons. The van der Waals surface area contributed by atoms with Crippen molar-refractivity contribution in [2.75, 3.05) is 40.0 Å². The Hall–Kier alpha value is -1.02. The SMILES string of the molecule is CCN1CCOC(c2noc(C(N)COC)n2)C1. The van der Waals surface area contributed by atoms with Crippen LogP contribution < -0.4 is 5.73 Å². The molecular formula is C11H20N4O3. The summed E-state index contributed by atoms with van der Waals surface area (Å²) in [4.78, 5) is 6.58. The van der Waals surface area contributed by atoms with Crippen LogP contribution in [0.4, 0.5) is 0 Å². The third-order valence-corrected chi connectivity index (χ3v) is 3.01. The number of hydrogen-bond donors (Lipinski definition) is 1. The summed E-state index contributed by atoms with van der Waals surface area (Å²) in [5.74, 6) is 0.957. The van der Waals surface area contributed by atoms with Crippen molar-refractivity contribution in [3.8, 4) is 0 Å². The molecule has 102 valence electrons. The van der Waals surface area contributed by atoms with Crippen LogP contribution in [-0.2, 0) is 9.47 Å². The highest BCUT2D eigenvalue weighted by Gasteiger charge is 2.26. The van der Waals surface area contributed by atoms with Gasteiger partial charge in [-0.25, -0.2) is 0 Å². The molecule has 0 spiro atoms. The van der Waals surface area contributed by atoms with Gasteiger partial charge in [0.1, 0.15) is 12.1 Å². The lowest BCUT2D eigenvalue weighted by Gasteiger charge is -2.30. The van der Waals surface area contributed by atoms with Gasteiger partial charge in [0.05, 0.1) is 13.2 Å². The van der Waals surface area contributed by atoms with Gasteiger partial charge in [0.15, 0.2) is 0 Å². The Bertz CT molecular complexity index is 371. The Balaban J connectivity index is 2.00. The Morgan fingerprint density at radius 2 is 2.44 bits per heavy atom. The van der Waals surface area contributed by atoms with E-state index in [0.29, 0.717) is 24.9 Å². The molecule has 0 bridgehead atoms. The van der Waals surface area contributed by atoms with Crippen LogP contribution in [0.3, 0.4) is 0 Å². The molecule has 2 unspecified atom stereocenters. The molecule has 18 heavy (non-hydrogen) atoms. The zero-order valence-electron chi connectivity index (χ0n) is 10.8. The number of methoxy groups -OCH3 is 1. The molecule has 0 aliphatic carbocycles. The van der Waals surface area contributed by atoms with Crippen LogP contribution in [0.5, 0.6) is 0 Å². The van der Waals surface area contributed by atoms with Crippen LogP contribution in [-0.4, -0.2) is 55.0 Å². The highest BCUT2D eigenvalue weighted by molar-refractivity contribution is 4.97. The fraction of sp³-hybridized carbons (Fsp3) is 0.818. The predicted octanol–water partition coefficient (Wildman–Crippen LogP) is 0.109. The molecule has 2 rings (SSSR count). The third kappa shape index (κ3) is 3.05. The van der Waals surface area contributed by atoms with Crippen LogP contribution in [0.1, 0.15) is 30.8 Å². The second-order valence-corrected chi connectivity index (χ2v) is 4.31. The Kier molecular flexibility index (Phi) is 4.65. The number of nitrogens with zero attached hydrogens (tertiary/aromatic N) is 3. The highest BCUT2D eigenvalue weighted by Crippen LogP contribution is 2.20. The summed E-state index contributed by atoms with van der Waals surface area (Å²) in [6.45, 7) is 5.89. The zero-order chi connectivity index (χ0) is 13.0. The van der Waals surface area contributed by atoms with Gasteiger partial charge in [-0.2, -0.15) is 4.98 Å². The molecule has 7 nitrogen and oxygen atoms in total. The van der Waals surface area contributed by atoms with E-state index in [0.717, 1.165) is 19.6 Å². The van der Waals surface area contributed by atoms with Crippen LogP contribution in [0.2, 0.25) is 0 Å². The van der Waals surface area contributed by atoms with Crippen molar-refractivity contribution in [2.45, 2.75) is 19.1 Å². The highest BCUT2D eigenvalue weighted by atomic mass is 16.5. The van der Waals surface area contributed by atoms with Gasteiger partial charge in [-0.15, -0.1) is 0 Å². The summed E-state index contributed by atoms with van der Waals surface area (Å²) >= 11 is 0. The minimum absolute atomic E-state index is 0.133. The number of hydrogen-bond acceptors (Lipinski definition) is 7. The average molecular weight is 256 g/mol. The van der Waals surface area contributed by atoms with Gasteiger partial charge in [-0.3, -0.25) is 4.90 Å². The second-order valence-electron chi connectivity index (χ2n) is 4.31. The van der Waals surface area contributed by atoms with Gasteiger partial charge < -0.3 is 19.7 Å². The molecule has 1 fully saturated rings. The standard InChI is InChI=1S/C11H20N4O3/c1-3-15-4-5-17-9(6-15)10-13-11(18-14-10)8(12)7-16-2/h8-9H,3-7,12H2,1-2H3. The molecule has 1 saturated heterocycles. The fourth-order valence-electron chi connectivity index (χ4n) is 1.93. The third-order valence-electron chi connectivity index (χ3n) is 3.01. The van der Waals surface area contributed by atoms with Crippen molar-refractivity contribution < 1.29 is 14.0 Å². The van der Waals surface area contributed by atoms with E-state index < -0.39 is 0 Å². The van der Waals surface area contributed by atoms with E-state index >= 15 is 0 Å². The molecule has 0 aromatic carbocycles. The number of likely N-dealkylation sites (N-methyl/N-ethyl adjacent to an activating group) is 1. The minimum Gasteiger partial charge on any atom is -0.383 e. The molecule has 7 heteroatoms. The van der Waals surface area contributed by atoms with E-state index in [1.165, 1.54) is 0 Å². The van der Waals surface area contributed by atoms with E-state index in [-0.39, 0.29) is 12.1 Å². The lowest BCUT2D eigenvalue weighted by Crippen LogP contribution is -2.38. The van der Waals surface area contributed by atoms with Crippen molar-refractivity contribution >= 4 is 0 Å². The largest absolute Gasteiger partial charge is 0.383 e. The van der Waals surface area contributed by atoms with Crippen molar-refractivity contribution in [3.05, 3.63) is 11.7 Å². The maximum Gasteiger partial charge on any atom is 0.246 e. The fourth-order valence-corrected chi connectivity index (χ4v) is 1.93. The molecule has 1 aliphatic rings. The van der Waals surface area contributed by atoms with Gasteiger partial charge in [-0.05, 0) is 6.54 Å². The smallest absolute Gasteiger partial charge is 0.246 e. The van der Waals surface area contributed by atoms with Gasteiger partial charge in [0.2, 0.25) is 11.7 Å². The first-order valence-corrected chi connectivity index (χ1v) is 6.16. The molecule has 0 saturated carbocycles. The van der Waals surface area contributed by atoms with Crippen molar-refractivity contribution in [1.29, 1.82) is 0 Å². The quantitative estimate of drug-likeness (QED) is 0.800. The number of nitrogens with two attached hydrogens (primary N) is 1. The molecule has 2 heterocycles. The number of aromatic nitrogens is 2. The van der Waals surface area contributed by atoms with E-state index in [1.807, 2.05) is 0 Å². The van der Waals surface area contributed by atoms with Crippen LogP contribution in [0.25, 0.3) is 0 Å². The van der Waals surface area contributed by atoms with E-state index in [4.69, 9.17) is 19.7 Å². The van der Waals surface area contributed by atoms with Crippen LogP contribution in [0, 0.1) is 0 Å². The molecule has 1 aromatic heterocycles. The Morgan fingerprint density at radius 3 is 3.17 bits per heavy atom. The van der Waals surface area contributed by atoms with Gasteiger partial charge >= 0.3 is 0 Å². The number of ether oxygens (including phenoxy) is 2. The molecule has 1 aromatic rings. The molecule has 2 atom stereocenters. The van der Waals surface area contributed by atoms with E-state index in [9.17, 15) is 0 Å². The van der Waals surface area contributed by atoms with Gasteiger partial charge in [-0.1, -0.05) is 12.1 Å². The predicted molar refractivity (Wildman–Crippen MR) is 63.9 cm³/mol. The van der Waals surface area contributed by atoms with Crippen molar-refractivity contribution in [3.63, 3.8) is 0 Å². The minimum atomic E-state index is -0.387. The van der Waals surface area contributed by atoms with Crippen molar-refractivity contribution in [2.24, 2.45) is 5.73 Å². The topological polar surface area (TPSA) is 86.6 Å². The molecule has 0 amide bonds. The number of rotatable bonds is 5. The normalized spacial score (nSPS) is 23.2. The second kappa shape index (κ2) is 6.24. The lowest BCUT2D eigenvalue weighted by atomic mass is 10.2. The lowest BCUT2D eigenvalue weighted by molar-refractivity contribution is -0.0334. The first-order chi connectivity index (χ1) is 8.74. The molecule has 1 aliphatic heterocycles. The van der Waals surface area contributed by atoms with Gasteiger partial charge in [0, 0.05) is 20.2 Å². The van der Waals surface area contributed by atoms with E-state index in [1.54, 1.807) is 7.11 Å². The van der Waals surface area contributed by atoms with Crippen LogP contribution >= 0.6 is 0 Å². The summed E-state index contributed by atoms with van der Waals surface area (Å²) < 4.78 is 15.7. The molecule has 2 N–H and O–H groups in total. The Morgan fingerprint density at radius 1 is 1.61 bits per heavy atom. The first-order valence-electron chi connectivity index (χ1n) is 6.16. The van der Waals surface area contributed by atoms with E-state index in [2.05, 4.69) is 22.0 Å². The first kappa shape index (κ1) is 13.4. The summed E-state index contributed by atoms with van der Waals surface area (Å²) in [6, 6.07) is -0.387. The summed E-state index contributed by atoms with van der Waals surface area (Å²) in [7, 11) is 1.58. The van der Waals surface area contributed by atoms with Crippen LogP contribution in [0.15, 0.2) is 4.52 Å². The van der Waals surface area contributed by atoms with Crippen molar-refractivity contribution in [1.82, 2.24) is 15.0 Å². The summed E-state index contributed by atoms with van der Waals surface area (Å²) in [5, 5.41) is 3.94. The Labute approximate surface area is 106 Å². The summed E-state index contributed by atoms with van der Waals surface area (Å²) in [5.41, 5.74) is 5.83. The zero-order valence-corrected chi connectivity index (χ0v) is 10.8. The summed E-state index contributed by atoms with van der Waals surface area (Å²) in [6.07, 6.45) is -0.133. The maximum absolute atomic E-state index is 5.83.